The number of nitrogens with zero attached hydrogens (tertiary/aromatic N) is 1. The quantitative estimate of drug-likeness (QED) is 0.185. The van der Waals surface area contributed by atoms with Crippen LogP contribution >= 0.6 is 30.4 Å². The highest BCUT2D eigenvalue weighted by atomic mass is 31.2. The van der Waals surface area contributed by atoms with E-state index in [-0.39, 0.29) is 6.54 Å². The van der Waals surface area contributed by atoms with Gasteiger partial charge >= 0.3 is 30.4 Å². The van der Waals surface area contributed by atoms with Gasteiger partial charge in [-0.3, -0.25) is 28.5 Å². The first kappa shape index (κ1) is 26.7. The fourth-order valence-electron chi connectivity index (χ4n) is 1.11. The van der Waals surface area contributed by atoms with E-state index in [4.69, 9.17) is 39.1 Å². The molecule has 0 rings (SSSR count). The van der Waals surface area contributed by atoms with Gasteiger partial charge in [0.25, 0.3) is 0 Å². The van der Waals surface area contributed by atoms with Gasteiger partial charge in [0.15, 0.2) is 0 Å². The minimum atomic E-state index is -4.24. The summed E-state index contributed by atoms with van der Waals surface area (Å²) in [4.78, 5) is 68.0. The maximum Gasteiger partial charge on any atom is 0.339 e. The van der Waals surface area contributed by atoms with Crippen molar-refractivity contribution in [2.75, 3.05) is 31.7 Å². The van der Waals surface area contributed by atoms with Crippen LogP contribution in [0.2, 0.25) is 0 Å². The molecule has 0 aliphatic rings. The molecule has 9 N–H and O–H groups in total. The zero-order valence-electron chi connectivity index (χ0n) is 12.5. The smallest absolute Gasteiger partial charge is 0.324 e. The van der Waals surface area contributed by atoms with E-state index >= 15 is 0 Å². The Labute approximate surface area is 137 Å². The highest BCUT2D eigenvalue weighted by molar-refractivity contribution is 7.53. The van der Waals surface area contributed by atoms with Crippen LogP contribution < -0.4 is 5.32 Å². The van der Waals surface area contributed by atoms with Crippen LogP contribution in [-0.4, -0.2) is 75.7 Å². The molecule has 24 heavy (non-hydrogen) atoms. The average molecular weight is 438 g/mol. The summed E-state index contributed by atoms with van der Waals surface area (Å²) in [6.07, 6.45) is -2.71. The first-order valence-electron chi connectivity index (χ1n) is 5.96. The number of rotatable bonds is 9. The van der Waals surface area contributed by atoms with E-state index in [9.17, 15) is 18.3 Å². The van der Waals surface area contributed by atoms with Gasteiger partial charge in [-0.05, 0) is 6.54 Å². The van der Waals surface area contributed by atoms with Crippen molar-refractivity contribution < 1.29 is 57.4 Å². The van der Waals surface area contributed by atoms with Crippen molar-refractivity contribution in [3.05, 3.63) is 0 Å². The molecule has 0 radical (unpaired) electrons. The Kier molecular flexibility index (Phi) is 11.8. The van der Waals surface area contributed by atoms with Gasteiger partial charge in [0.05, 0.1) is 12.6 Å². The van der Waals surface area contributed by atoms with Gasteiger partial charge in [-0.25, -0.2) is 0 Å². The molecule has 0 spiro atoms. The van der Waals surface area contributed by atoms with E-state index in [1.165, 1.54) is 0 Å². The minimum Gasteiger partial charge on any atom is -0.324 e. The third-order valence-corrected chi connectivity index (χ3v) is 4.66. The van der Waals surface area contributed by atoms with Gasteiger partial charge in [-0.15, -0.1) is 0 Å². The second-order valence-electron chi connectivity index (χ2n) is 4.49. The van der Waals surface area contributed by atoms with Crippen LogP contribution in [0.15, 0.2) is 0 Å². The van der Waals surface area contributed by atoms with Gasteiger partial charge in [-0.1, -0.05) is 6.92 Å². The lowest BCUT2D eigenvalue weighted by molar-refractivity contribution is 0.285. The minimum absolute atomic E-state index is 0.177. The molecule has 18 heteroatoms. The molecule has 0 aromatic rings. The summed E-state index contributed by atoms with van der Waals surface area (Å²) in [5.74, 6) is 0. The Balaban J connectivity index is 0. The van der Waals surface area contributed by atoms with E-state index in [0.29, 0.717) is 0 Å². The molecular weight excluding hydrogens is 416 g/mol. The van der Waals surface area contributed by atoms with Gasteiger partial charge in [0, 0.05) is 0 Å². The van der Waals surface area contributed by atoms with Crippen LogP contribution in [0, 0.1) is 0 Å². The van der Waals surface area contributed by atoms with Crippen molar-refractivity contribution in [3.63, 3.8) is 0 Å². The Morgan fingerprint density at radius 3 is 1.12 bits per heavy atom. The molecule has 0 fully saturated rings. The highest BCUT2D eigenvalue weighted by Crippen LogP contribution is 2.40. The van der Waals surface area contributed by atoms with Crippen LogP contribution in [0.4, 0.5) is 0 Å². The fraction of sp³-hybridized carbons (Fsp3) is 1.00. The van der Waals surface area contributed by atoms with Crippen molar-refractivity contribution in [3.8, 4) is 0 Å². The Morgan fingerprint density at radius 1 is 0.667 bits per heavy atom. The van der Waals surface area contributed by atoms with Crippen molar-refractivity contribution in [1.29, 1.82) is 0 Å². The molecule has 0 amide bonds. The van der Waals surface area contributed by atoms with Crippen LogP contribution in [0.25, 0.3) is 0 Å². The van der Waals surface area contributed by atoms with E-state index in [0.717, 1.165) is 4.90 Å². The first-order valence-corrected chi connectivity index (χ1v) is 13.1. The maximum absolute atomic E-state index is 10.5. The predicted octanol–water partition coefficient (Wildman–Crippen LogP) is -1.57. The summed E-state index contributed by atoms with van der Waals surface area (Å²) in [6.45, 7) is 1.74. The Bertz CT molecular complexity index is 498. The van der Waals surface area contributed by atoms with Crippen molar-refractivity contribution >= 4 is 30.4 Å². The molecule has 0 heterocycles. The van der Waals surface area contributed by atoms with Gasteiger partial charge in [0.2, 0.25) is 0 Å². The predicted molar refractivity (Wildman–Crippen MR) is 83.2 cm³/mol. The molecule has 0 atom stereocenters. The molecule has 0 aromatic carbocycles. The third-order valence-electron chi connectivity index (χ3n) is 1.85. The second kappa shape index (κ2) is 10.6. The summed E-state index contributed by atoms with van der Waals surface area (Å²) in [5, 5.41) is 1.94. The van der Waals surface area contributed by atoms with Gasteiger partial charge in [-0.2, -0.15) is 0 Å². The largest absolute Gasteiger partial charge is 0.339 e. The van der Waals surface area contributed by atoms with Crippen molar-refractivity contribution in [2.45, 2.75) is 6.92 Å². The lowest BCUT2D eigenvalue weighted by Gasteiger charge is -2.20. The normalized spacial score (nSPS) is 13.6. The maximum atomic E-state index is 10.5. The fourth-order valence-corrected chi connectivity index (χ4v) is 3.89. The number of hydrogen-bond acceptors (Lipinski definition) is 6. The molecule has 14 nitrogen and oxygen atoms in total. The second-order valence-corrected chi connectivity index (χ2v) is 11.0. The molecule has 0 aliphatic carbocycles. The van der Waals surface area contributed by atoms with Crippen LogP contribution in [0.3, 0.4) is 0 Å². The summed E-state index contributed by atoms with van der Waals surface area (Å²) in [7, 11) is -16.9. The van der Waals surface area contributed by atoms with Gasteiger partial charge in [0.1, 0.15) is 12.6 Å². The number of hydrogen-bond donors (Lipinski definition) is 9. The Morgan fingerprint density at radius 2 is 0.958 bits per heavy atom. The van der Waals surface area contributed by atoms with Crippen molar-refractivity contribution in [1.82, 2.24) is 10.2 Å². The van der Waals surface area contributed by atoms with Crippen LogP contribution in [0.1, 0.15) is 6.92 Å². The summed E-state index contributed by atoms with van der Waals surface area (Å²) < 4.78 is 41.2. The zero-order chi connectivity index (χ0) is 19.8. The summed E-state index contributed by atoms with van der Waals surface area (Å²) >= 11 is 0. The molecule has 0 saturated heterocycles. The van der Waals surface area contributed by atoms with E-state index in [2.05, 4.69) is 0 Å². The molecule has 0 aliphatic heterocycles. The summed E-state index contributed by atoms with van der Waals surface area (Å²) in [6, 6.07) is 0. The molecular formula is C6H22N2O12P4. The SMILES string of the molecule is CCN(CP(=O)(O)O)CP(=O)(O)O.O=P(O)(O)CNCP(=O)(O)O. The molecule has 148 valence electrons. The zero-order valence-corrected chi connectivity index (χ0v) is 16.1. The van der Waals surface area contributed by atoms with Gasteiger partial charge < -0.3 is 39.1 Å². The standard InChI is InChI=1S/C4H13NO6P2.C2H9NO6P2/c1-2-5(3-12(6,7)8)4-13(9,10)11;4-10(5,6)1-3-2-11(7,8)9/h2-4H2,1H3,(H2,6,7,8)(H2,9,10,11);3H,1-2H2,(H2,4,5,6)(H2,7,8,9). The molecule has 0 unspecified atom stereocenters. The summed E-state index contributed by atoms with van der Waals surface area (Å²) in [5.41, 5.74) is 0. The third kappa shape index (κ3) is 24.8. The average Bonchev–Trinajstić information content (AvgIpc) is 2.21. The van der Waals surface area contributed by atoms with E-state index < -0.39 is 55.5 Å². The lowest BCUT2D eigenvalue weighted by Crippen LogP contribution is -2.25. The van der Waals surface area contributed by atoms with Crippen molar-refractivity contribution in [2.24, 2.45) is 0 Å². The van der Waals surface area contributed by atoms with Crippen LogP contribution in [0.5, 0.6) is 0 Å². The lowest BCUT2D eigenvalue weighted by atomic mass is 10.7. The highest BCUT2D eigenvalue weighted by Gasteiger charge is 2.24. The molecule has 0 aromatic heterocycles. The monoisotopic (exact) mass is 438 g/mol. The number of nitrogens with one attached hydrogen (secondary N) is 1. The van der Waals surface area contributed by atoms with Crippen LogP contribution in [-0.2, 0) is 18.3 Å². The van der Waals surface area contributed by atoms with E-state index in [1.54, 1.807) is 6.92 Å². The Hall–Kier alpha value is 0.520. The first-order chi connectivity index (χ1) is 10.3. The molecule has 0 bridgehead atoms. The topological polar surface area (TPSA) is 245 Å². The van der Waals surface area contributed by atoms with E-state index in [1.807, 2.05) is 5.32 Å². The molecule has 0 saturated carbocycles.